The van der Waals surface area contributed by atoms with E-state index in [9.17, 15) is 4.79 Å². The maximum Gasteiger partial charge on any atom is 0.270 e. The predicted molar refractivity (Wildman–Crippen MR) is 151 cm³/mol. The SMILES string of the molecule is CC1CC2=C(C=C1CNC(=O)c1cc(Oc3ccc4c(c3)nc(Nc3ccc(Br)cc3)n4C)ccn1)OCO2. The molecule has 1 aliphatic carbocycles. The molecule has 1 atom stereocenters. The van der Waals surface area contributed by atoms with E-state index < -0.39 is 0 Å². The first-order valence-electron chi connectivity index (χ1n) is 12.5. The molecule has 6 rings (SSSR count). The van der Waals surface area contributed by atoms with Crippen LogP contribution in [-0.2, 0) is 16.5 Å². The minimum Gasteiger partial charge on any atom is -0.458 e. The Morgan fingerprint density at radius 2 is 1.95 bits per heavy atom. The minimum absolute atomic E-state index is 0.250. The zero-order chi connectivity index (χ0) is 26.9. The van der Waals surface area contributed by atoms with Gasteiger partial charge in [-0.25, -0.2) is 4.98 Å². The van der Waals surface area contributed by atoms with Crippen LogP contribution in [0.4, 0.5) is 11.6 Å². The average molecular weight is 588 g/mol. The van der Waals surface area contributed by atoms with Crippen molar-refractivity contribution < 1.29 is 19.0 Å². The molecule has 2 aromatic heterocycles. The van der Waals surface area contributed by atoms with E-state index in [0.29, 0.717) is 24.0 Å². The van der Waals surface area contributed by atoms with Crippen LogP contribution in [0.3, 0.4) is 0 Å². The van der Waals surface area contributed by atoms with Crippen molar-refractivity contribution in [1.29, 1.82) is 0 Å². The zero-order valence-corrected chi connectivity index (χ0v) is 23.0. The third-order valence-electron chi connectivity index (χ3n) is 6.77. The smallest absolute Gasteiger partial charge is 0.270 e. The maximum absolute atomic E-state index is 12.9. The molecule has 0 spiro atoms. The monoisotopic (exact) mass is 587 g/mol. The molecule has 2 aromatic carbocycles. The molecule has 1 aliphatic heterocycles. The molecule has 39 heavy (non-hydrogen) atoms. The minimum atomic E-state index is -0.277. The fraction of sp³-hybridized carbons (Fsp3) is 0.207. The van der Waals surface area contributed by atoms with Crippen molar-refractivity contribution in [3.8, 4) is 11.5 Å². The number of imidazole rings is 1. The van der Waals surface area contributed by atoms with Crippen molar-refractivity contribution >= 4 is 44.5 Å². The molecule has 4 aromatic rings. The van der Waals surface area contributed by atoms with Gasteiger partial charge in [0, 0.05) is 48.5 Å². The standard InChI is InChI=1S/C29H26BrN5O4/c1-17-11-26-27(38-16-37-26)12-18(17)15-32-28(36)24-14-22(9-10-31-24)39-21-7-8-25-23(13-21)34-29(35(25)2)33-20-5-3-19(30)4-6-20/h3-10,12-14,17H,11,15-16H2,1-2H3,(H,32,36)(H,33,34). The van der Waals surface area contributed by atoms with E-state index in [4.69, 9.17) is 19.2 Å². The number of pyridine rings is 1. The van der Waals surface area contributed by atoms with Crippen molar-refractivity contribution in [2.75, 3.05) is 18.7 Å². The molecule has 0 fully saturated rings. The van der Waals surface area contributed by atoms with E-state index in [1.165, 1.54) is 0 Å². The molecule has 1 amide bonds. The number of nitrogens with one attached hydrogen (secondary N) is 2. The first kappa shape index (κ1) is 25.0. The number of anilines is 2. The molecule has 10 heteroatoms. The molecule has 2 N–H and O–H groups in total. The van der Waals surface area contributed by atoms with Crippen molar-refractivity contribution in [2.45, 2.75) is 13.3 Å². The summed E-state index contributed by atoms with van der Waals surface area (Å²) in [5, 5.41) is 6.30. The van der Waals surface area contributed by atoms with Gasteiger partial charge in [-0.3, -0.25) is 9.78 Å². The maximum atomic E-state index is 12.9. The lowest BCUT2D eigenvalue weighted by molar-refractivity contribution is 0.0720. The van der Waals surface area contributed by atoms with Gasteiger partial charge in [0.05, 0.1) is 11.0 Å². The number of ether oxygens (including phenoxy) is 3. The average Bonchev–Trinajstić information content (AvgIpc) is 3.51. The molecule has 0 saturated carbocycles. The third kappa shape index (κ3) is 5.33. The Morgan fingerprint density at radius 1 is 1.13 bits per heavy atom. The second-order valence-electron chi connectivity index (χ2n) is 9.46. The van der Waals surface area contributed by atoms with Crippen LogP contribution in [0.1, 0.15) is 23.8 Å². The highest BCUT2D eigenvalue weighted by Gasteiger charge is 2.26. The molecule has 1 unspecified atom stereocenters. The van der Waals surface area contributed by atoms with Gasteiger partial charge in [-0.2, -0.15) is 0 Å². The lowest BCUT2D eigenvalue weighted by Crippen LogP contribution is -2.28. The summed E-state index contributed by atoms with van der Waals surface area (Å²) in [5.41, 5.74) is 4.04. The fourth-order valence-electron chi connectivity index (χ4n) is 4.57. The molecule has 0 radical (unpaired) electrons. The topological polar surface area (TPSA) is 99.5 Å². The number of halogens is 1. The van der Waals surface area contributed by atoms with E-state index >= 15 is 0 Å². The Balaban J connectivity index is 1.13. The lowest BCUT2D eigenvalue weighted by Gasteiger charge is -2.20. The van der Waals surface area contributed by atoms with E-state index in [1.807, 2.05) is 60.2 Å². The van der Waals surface area contributed by atoms with Crippen molar-refractivity contribution in [3.05, 3.63) is 94.1 Å². The summed E-state index contributed by atoms with van der Waals surface area (Å²) in [7, 11) is 1.96. The van der Waals surface area contributed by atoms with Gasteiger partial charge in [0.25, 0.3) is 5.91 Å². The summed E-state index contributed by atoms with van der Waals surface area (Å²) in [6, 6.07) is 17.0. The van der Waals surface area contributed by atoms with E-state index in [0.717, 1.165) is 44.7 Å². The number of hydrogen-bond acceptors (Lipinski definition) is 7. The van der Waals surface area contributed by atoms with Crippen LogP contribution >= 0.6 is 15.9 Å². The quantitative estimate of drug-likeness (QED) is 0.266. The summed E-state index contributed by atoms with van der Waals surface area (Å²) >= 11 is 3.45. The van der Waals surface area contributed by atoms with Crippen LogP contribution in [0.25, 0.3) is 11.0 Å². The van der Waals surface area contributed by atoms with Crippen LogP contribution in [-0.4, -0.2) is 33.8 Å². The van der Waals surface area contributed by atoms with E-state index in [1.54, 1.807) is 18.3 Å². The number of benzene rings is 2. The number of fused-ring (bicyclic) bond motifs is 1. The molecule has 0 bridgehead atoms. The number of amides is 1. The second kappa shape index (κ2) is 10.5. The number of carbonyl (C=O) groups excluding carboxylic acids is 1. The third-order valence-corrected chi connectivity index (χ3v) is 7.30. The number of allylic oxidation sites excluding steroid dienone is 2. The van der Waals surface area contributed by atoms with E-state index in [2.05, 4.69) is 38.5 Å². The number of nitrogens with zero attached hydrogens (tertiary/aromatic N) is 3. The van der Waals surface area contributed by atoms with Gasteiger partial charge >= 0.3 is 0 Å². The van der Waals surface area contributed by atoms with Crippen molar-refractivity contribution in [3.63, 3.8) is 0 Å². The number of aromatic nitrogens is 3. The lowest BCUT2D eigenvalue weighted by atomic mass is 9.91. The van der Waals surface area contributed by atoms with Crippen LogP contribution in [0.2, 0.25) is 0 Å². The molecule has 198 valence electrons. The molecule has 9 nitrogen and oxygen atoms in total. The molecular weight excluding hydrogens is 562 g/mol. The Kier molecular flexibility index (Phi) is 6.70. The summed E-state index contributed by atoms with van der Waals surface area (Å²) < 4.78 is 20.1. The Labute approximate surface area is 233 Å². The summed E-state index contributed by atoms with van der Waals surface area (Å²) in [6.07, 6.45) is 4.28. The molecular formula is C29H26BrN5O4. The van der Waals surface area contributed by atoms with Gasteiger partial charge in [-0.15, -0.1) is 0 Å². The van der Waals surface area contributed by atoms with Gasteiger partial charge in [-0.1, -0.05) is 22.9 Å². The Hall–Kier alpha value is -4.31. The highest BCUT2D eigenvalue weighted by Crippen LogP contribution is 2.33. The predicted octanol–water partition coefficient (Wildman–Crippen LogP) is 6.18. The molecule has 2 aliphatic rings. The van der Waals surface area contributed by atoms with Gasteiger partial charge in [0.15, 0.2) is 5.76 Å². The number of carbonyl (C=O) groups is 1. The van der Waals surface area contributed by atoms with Crippen molar-refractivity contribution in [1.82, 2.24) is 19.9 Å². The number of rotatable bonds is 7. The highest BCUT2D eigenvalue weighted by molar-refractivity contribution is 9.10. The fourth-order valence-corrected chi connectivity index (χ4v) is 4.83. The van der Waals surface area contributed by atoms with Crippen molar-refractivity contribution in [2.24, 2.45) is 13.0 Å². The number of aryl methyl sites for hydroxylation is 1. The largest absolute Gasteiger partial charge is 0.458 e. The van der Waals surface area contributed by atoms with Gasteiger partial charge in [-0.05, 0) is 60.0 Å². The summed E-state index contributed by atoms with van der Waals surface area (Å²) in [4.78, 5) is 21.8. The Morgan fingerprint density at radius 3 is 2.79 bits per heavy atom. The molecule has 3 heterocycles. The normalized spacial score (nSPS) is 16.3. The van der Waals surface area contributed by atoms with Crippen LogP contribution < -0.4 is 15.4 Å². The van der Waals surface area contributed by atoms with Crippen LogP contribution in [0.5, 0.6) is 11.5 Å². The van der Waals surface area contributed by atoms with Gasteiger partial charge in [0.2, 0.25) is 12.7 Å². The number of hydrogen-bond donors (Lipinski definition) is 2. The van der Waals surface area contributed by atoms with Gasteiger partial charge < -0.3 is 29.4 Å². The summed E-state index contributed by atoms with van der Waals surface area (Å²) in [5.74, 6) is 3.44. The zero-order valence-electron chi connectivity index (χ0n) is 21.4. The van der Waals surface area contributed by atoms with Gasteiger partial charge in [0.1, 0.15) is 23.0 Å². The first-order chi connectivity index (χ1) is 18.9. The first-order valence-corrected chi connectivity index (χ1v) is 13.3. The summed E-state index contributed by atoms with van der Waals surface area (Å²) in [6.45, 7) is 2.76. The van der Waals surface area contributed by atoms with Crippen LogP contribution in [0.15, 0.2) is 88.4 Å². The van der Waals surface area contributed by atoms with E-state index in [-0.39, 0.29) is 24.3 Å². The Bertz CT molecular complexity index is 1630. The van der Waals surface area contributed by atoms with Crippen LogP contribution in [0, 0.1) is 5.92 Å². The second-order valence-corrected chi connectivity index (χ2v) is 10.4. The highest BCUT2D eigenvalue weighted by atomic mass is 79.9. The molecule has 0 saturated heterocycles.